The maximum absolute atomic E-state index is 15.7. The van der Waals surface area contributed by atoms with E-state index in [1.165, 1.54) is 24.0 Å². The number of para-hydroxylation sites is 1. The predicted molar refractivity (Wildman–Crippen MR) is 172 cm³/mol. The summed E-state index contributed by atoms with van der Waals surface area (Å²) in [6.07, 6.45) is 6.47. The first-order chi connectivity index (χ1) is 21.0. The maximum atomic E-state index is 15.7. The number of amides is 2. The summed E-state index contributed by atoms with van der Waals surface area (Å²) in [6.45, 7) is 2.66. The maximum Gasteiger partial charge on any atom is 0.251 e. The van der Waals surface area contributed by atoms with Crippen molar-refractivity contribution in [3.63, 3.8) is 0 Å². The number of carbonyl (C=O) groups is 2. The van der Waals surface area contributed by atoms with Crippen LogP contribution in [0, 0.1) is 6.92 Å². The molecule has 0 aromatic heterocycles. The third kappa shape index (κ3) is 3.61. The fraction of sp³-hybridized carbons (Fsp3) is 0.361. The van der Waals surface area contributed by atoms with Crippen molar-refractivity contribution in [2.75, 3.05) is 18.9 Å². The van der Waals surface area contributed by atoms with Crippen molar-refractivity contribution < 1.29 is 9.59 Å². The summed E-state index contributed by atoms with van der Waals surface area (Å²) in [5, 5.41) is 3.93. The van der Waals surface area contributed by atoms with Crippen LogP contribution in [0.15, 0.2) is 95.1 Å². The Morgan fingerprint density at radius 3 is 2.37 bits per heavy atom. The molecule has 4 aliphatic heterocycles. The third-order valence-electron chi connectivity index (χ3n) is 10.3. The van der Waals surface area contributed by atoms with Crippen LogP contribution in [0.3, 0.4) is 0 Å². The van der Waals surface area contributed by atoms with Crippen molar-refractivity contribution in [1.29, 1.82) is 0 Å². The van der Waals surface area contributed by atoms with E-state index >= 15 is 4.79 Å². The molecule has 1 N–H and O–H groups in total. The Kier molecular flexibility index (Phi) is 6.21. The smallest absolute Gasteiger partial charge is 0.251 e. The van der Waals surface area contributed by atoms with Crippen LogP contribution in [0.2, 0.25) is 0 Å². The molecule has 1 aliphatic carbocycles. The second-order valence-corrected chi connectivity index (χ2v) is 13.9. The lowest BCUT2D eigenvalue weighted by atomic mass is 9.71. The molecule has 3 aromatic rings. The number of anilines is 1. The number of rotatable bonds is 2. The fourth-order valence-corrected chi connectivity index (χ4v) is 10.2. The molecule has 3 aromatic carbocycles. The molecule has 4 heterocycles. The number of carbonyl (C=O) groups excluding carboxylic acids is 2. The number of hydrogen-bond acceptors (Lipinski definition) is 5. The van der Waals surface area contributed by atoms with E-state index in [0.29, 0.717) is 6.54 Å². The van der Waals surface area contributed by atoms with Crippen LogP contribution in [-0.4, -0.2) is 45.1 Å². The minimum Gasteiger partial charge on any atom is -0.324 e. The first kappa shape index (κ1) is 26.9. The van der Waals surface area contributed by atoms with Crippen LogP contribution < -0.4 is 5.32 Å². The molecular weight excluding hydrogens is 552 g/mol. The molecule has 218 valence electrons. The summed E-state index contributed by atoms with van der Waals surface area (Å²) in [4.78, 5) is 39.7. The molecule has 0 unspecified atom stereocenters. The molecule has 0 radical (unpaired) electrons. The summed E-state index contributed by atoms with van der Waals surface area (Å²) in [7, 11) is 2.01. The molecule has 2 fully saturated rings. The van der Waals surface area contributed by atoms with Crippen LogP contribution in [0.1, 0.15) is 72.7 Å². The number of benzene rings is 3. The molecule has 4 atom stereocenters. The summed E-state index contributed by atoms with van der Waals surface area (Å²) < 4.78 is -1.14. The van der Waals surface area contributed by atoms with Gasteiger partial charge in [0.15, 0.2) is 10.7 Å². The minimum absolute atomic E-state index is 0.0134. The van der Waals surface area contributed by atoms with Gasteiger partial charge in [0.1, 0.15) is 4.75 Å². The lowest BCUT2D eigenvalue weighted by molar-refractivity contribution is -0.139. The first-order valence-corrected chi connectivity index (χ1v) is 16.4. The van der Waals surface area contributed by atoms with Crippen LogP contribution in [0.25, 0.3) is 0 Å². The molecule has 7 heteroatoms. The number of likely N-dealkylation sites (tertiary alicyclic amines) is 1. The van der Waals surface area contributed by atoms with Gasteiger partial charge in [-0.25, -0.2) is 4.99 Å². The third-order valence-corrected chi connectivity index (χ3v) is 11.9. The van der Waals surface area contributed by atoms with Gasteiger partial charge < -0.3 is 5.32 Å². The second kappa shape index (κ2) is 9.93. The molecule has 43 heavy (non-hydrogen) atoms. The van der Waals surface area contributed by atoms with Gasteiger partial charge in [-0.15, -0.1) is 0 Å². The van der Waals surface area contributed by atoms with E-state index in [-0.39, 0.29) is 23.8 Å². The number of allylic oxidation sites excluding steroid dienone is 1. The lowest BCUT2D eigenvalue weighted by Gasteiger charge is -2.42. The van der Waals surface area contributed by atoms with Gasteiger partial charge in [0, 0.05) is 29.4 Å². The quantitative estimate of drug-likeness (QED) is 0.354. The zero-order chi connectivity index (χ0) is 29.3. The van der Waals surface area contributed by atoms with Crippen molar-refractivity contribution >= 4 is 34.4 Å². The summed E-state index contributed by atoms with van der Waals surface area (Å²) >= 11 is 1.54. The Labute approximate surface area is 257 Å². The van der Waals surface area contributed by atoms with Gasteiger partial charge in [-0.1, -0.05) is 103 Å². The first-order valence-electron chi connectivity index (χ1n) is 15.5. The van der Waals surface area contributed by atoms with Gasteiger partial charge in [-0.3, -0.25) is 19.4 Å². The normalized spacial score (nSPS) is 30.2. The SMILES string of the molecule is Cc1ccc([C@@H]2CN(C)[C@]3(C(=O)Nc4ccccc43)[C@]23SC2=NC4=C(CCCCCC4)[C@H](c4ccccc4)N2C3=O)cc1. The van der Waals surface area contributed by atoms with Gasteiger partial charge in [-0.2, -0.15) is 0 Å². The number of amidine groups is 1. The molecule has 0 bridgehead atoms. The lowest BCUT2D eigenvalue weighted by Crippen LogP contribution is -2.62. The topological polar surface area (TPSA) is 65.0 Å². The Morgan fingerprint density at radius 2 is 1.58 bits per heavy atom. The average Bonchev–Trinajstić information content (AvgIpc) is 3.57. The molecule has 8 rings (SSSR count). The van der Waals surface area contributed by atoms with Crippen LogP contribution in [0.4, 0.5) is 5.69 Å². The van der Waals surface area contributed by atoms with Crippen LogP contribution in [0.5, 0.6) is 0 Å². The zero-order valence-corrected chi connectivity index (χ0v) is 25.5. The Hall–Kier alpha value is -3.68. The predicted octanol–water partition coefficient (Wildman–Crippen LogP) is 6.91. The number of aliphatic imine (C=N–C) groups is 1. The fourth-order valence-electron chi connectivity index (χ4n) is 8.41. The van der Waals surface area contributed by atoms with E-state index < -0.39 is 10.3 Å². The van der Waals surface area contributed by atoms with Gasteiger partial charge >= 0.3 is 0 Å². The van der Waals surface area contributed by atoms with E-state index in [1.54, 1.807) is 11.8 Å². The highest BCUT2D eigenvalue weighted by Crippen LogP contribution is 2.67. The number of likely N-dealkylation sites (N-methyl/N-ethyl adjacent to an activating group) is 1. The van der Waals surface area contributed by atoms with Crippen molar-refractivity contribution in [1.82, 2.24) is 9.80 Å². The van der Waals surface area contributed by atoms with Gasteiger partial charge in [-0.05, 0) is 62.4 Å². The van der Waals surface area contributed by atoms with Crippen molar-refractivity contribution in [3.05, 3.63) is 112 Å². The molecule has 6 nitrogen and oxygen atoms in total. The second-order valence-electron chi connectivity index (χ2n) is 12.7. The van der Waals surface area contributed by atoms with Gasteiger partial charge in [0.25, 0.3) is 5.91 Å². The van der Waals surface area contributed by atoms with Crippen molar-refractivity contribution in [2.24, 2.45) is 4.99 Å². The number of nitrogens with one attached hydrogen (secondary N) is 1. The summed E-state index contributed by atoms with van der Waals surface area (Å²) in [5.74, 6) is -0.366. The van der Waals surface area contributed by atoms with Crippen LogP contribution >= 0.6 is 11.8 Å². The number of nitrogens with zero attached hydrogens (tertiary/aromatic N) is 3. The van der Waals surface area contributed by atoms with E-state index in [9.17, 15) is 4.79 Å². The number of thioether (sulfide) groups is 1. The van der Waals surface area contributed by atoms with Gasteiger partial charge in [0.2, 0.25) is 5.91 Å². The van der Waals surface area contributed by atoms with Gasteiger partial charge in [0.05, 0.1) is 6.04 Å². The highest BCUT2D eigenvalue weighted by atomic mass is 32.2. The molecule has 0 saturated carbocycles. The Balaban J connectivity index is 1.38. The molecule has 5 aliphatic rings. The van der Waals surface area contributed by atoms with Crippen molar-refractivity contribution in [2.45, 2.75) is 67.7 Å². The van der Waals surface area contributed by atoms with E-state index in [1.807, 2.05) is 42.3 Å². The molecule has 2 saturated heterocycles. The Morgan fingerprint density at radius 1 is 0.860 bits per heavy atom. The highest BCUT2D eigenvalue weighted by molar-refractivity contribution is 8.16. The zero-order valence-electron chi connectivity index (χ0n) is 24.7. The monoisotopic (exact) mass is 588 g/mol. The standard InChI is InChI=1S/C36H36N4O2S/c1-23-18-20-24(21-19-23)28-22-39(2)35(27-15-10-11-17-30(27)37-32(35)41)36(28)33(42)40-31(25-12-6-5-7-13-25)26-14-8-3-4-9-16-29(26)38-34(40)43-36/h5-7,10-13,15,17-21,28,31H,3-4,8-9,14,16,22H2,1-2H3,(H,37,41)/t28-,31-,35+,36-/m0/s1. The number of hydrogen-bond donors (Lipinski definition) is 1. The van der Waals surface area contributed by atoms with Crippen molar-refractivity contribution in [3.8, 4) is 0 Å². The van der Waals surface area contributed by atoms with E-state index in [4.69, 9.17) is 4.99 Å². The largest absolute Gasteiger partial charge is 0.324 e. The van der Waals surface area contributed by atoms with E-state index in [0.717, 1.165) is 58.9 Å². The Bertz CT molecular complexity index is 1700. The van der Waals surface area contributed by atoms with E-state index in [2.05, 4.69) is 65.7 Å². The highest BCUT2D eigenvalue weighted by Gasteiger charge is 2.78. The summed E-state index contributed by atoms with van der Waals surface area (Å²) in [6, 6.07) is 26.7. The minimum atomic E-state index is -1.18. The molecular formula is C36H36N4O2S. The molecule has 2 amide bonds. The summed E-state index contributed by atoms with van der Waals surface area (Å²) in [5.41, 5.74) is 6.24. The average molecular weight is 589 g/mol. The molecule has 2 spiro atoms. The number of aryl methyl sites for hydroxylation is 1. The number of fused-ring (bicyclic) bond motifs is 4. The van der Waals surface area contributed by atoms with Crippen LogP contribution in [-0.2, 0) is 15.1 Å².